The van der Waals surface area contributed by atoms with Gasteiger partial charge in [-0.1, -0.05) is 6.92 Å². The quantitative estimate of drug-likeness (QED) is 0.461. The molecule has 0 bridgehead atoms. The van der Waals surface area contributed by atoms with E-state index in [9.17, 15) is 24.0 Å². The van der Waals surface area contributed by atoms with Gasteiger partial charge in [0.05, 0.1) is 0 Å². The number of hydroxylamine groups is 2. The Labute approximate surface area is 102 Å². The third-order valence-electron chi connectivity index (χ3n) is 2.25. The molecule has 0 atom stereocenters. The fourth-order valence-corrected chi connectivity index (χ4v) is 1.31. The Hall–Kier alpha value is -2.25. The van der Waals surface area contributed by atoms with Crippen molar-refractivity contribution < 1.29 is 28.8 Å². The van der Waals surface area contributed by atoms with Crippen LogP contribution in [-0.2, 0) is 28.8 Å². The van der Waals surface area contributed by atoms with Gasteiger partial charge < -0.3 is 4.84 Å². The lowest BCUT2D eigenvalue weighted by Crippen LogP contribution is -2.39. The van der Waals surface area contributed by atoms with Crippen molar-refractivity contribution in [2.24, 2.45) is 0 Å². The van der Waals surface area contributed by atoms with E-state index in [-0.39, 0.29) is 25.7 Å². The number of rotatable bonds is 5. The standard InChI is InChI=1S/C10H12N2O6/c1-2-7(14)11(6-13)5-10(17)18-12-8(15)3-4-9(12)16/h6H,2-5H2,1H3. The van der Waals surface area contributed by atoms with Gasteiger partial charge in [-0.2, -0.15) is 0 Å². The summed E-state index contributed by atoms with van der Waals surface area (Å²) in [4.78, 5) is 60.5. The lowest BCUT2D eigenvalue weighted by atomic mass is 10.4. The van der Waals surface area contributed by atoms with E-state index in [1.165, 1.54) is 6.92 Å². The topological polar surface area (TPSA) is 101 Å². The summed E-state index contributed by atoms with van der Waals surface area (Å²) >= 11 is 0. The lowest BCUT2D eigenvalue weighted by molar-refractivity contribution is -0.198. The monoisotopic (exact) mass is 256 g/mol. The average molecular weight is 256 g/mol. The van der Waals surface area contributed by atoms with Crippen LogP contribution in [0.5, 0.6) is 0 Å². The van der Waals surface area contributed by atoms with Crippen LogP contribution in [0.1, 0.15) is 26.2 Å². The number of nitrogens with zero attached hydrogens (tertiary/aromatic N) is 2. The van der Waals surface area contributed by atoms with Crippen LogP contribution in [-0.4, -0.2) is 46.6 Å². The van der Waals surface area contributed by atoms with Crippen molar-refractivity contribution in [1.82, 2.24) is 9.96 Å². The Morgan fingerprint density at radius 3 is 2.33 bits per heavy atom. The molecule has 0 saturated carbocycles. The molecular formula is C10H12N2O6. The number of carbonyl (C=O) groups excluding carboxylic acids is 5. The highest BCUT2D eigenvalue weighted by Gasteiger charge is 2.33. The normalized spacial score (nSPS) is 14.6. The van der Waals surface area contributed by atoms with Crippen LogP contribution in [0.3, 0.4) is 0 Å². The molecule has 0 aromatic rings. The first-order valence-corrected chi connectivity index (χ1v) is 5.31. The van der Waals surface area contributed by atoms with Gasteiger partial charge in [0.2, 0.25) is 12.3 Å². The predicted octanol–water partition coefficient (Wildman–Crippen LogP) is -1.01. The number of hydrogen-bond acceptors (Lipinski definition) is 6. The molecule has 8 nitrogen and oxygen atoms in total. The van der Waals surface area contributed by atoms with E-state index in [1.54, 1.807) is 0 Å². The van der Waals surface area contributed by atoms with Gasteiger partial charge in [0.15, 0.2) is 0 Å². The van der Waals surface area contributed by atoms with Gasteiger partial charge in [0.25, 0.3) is 11.8 Å². The van der Waals surface area contributed by atoms with Crippen molar-refractivity contribution in [2.45, 2.75) is 26.2 Å². The maximum atomic E-state index is 11.4. The minimum absolute atomic E-state index is 0.0165. The summed E-state index contributed by atoms with van der Waals surface area (Å²) in [5.41, 5.74) is 0. The summed E-state index contributed by atoms with van der Waals surface area (Å²) in [5.74, 6) is -2.81. The molecule has 0 unspecified atom stereocenters. The summed E-state index contributed by atoms with van der Waals surface area (Å²) in [5, 5.41) is 0.363. The molecule has 1 aliphatic heterocycles. The van der Waals surface area contributed by atoms with E-state index in [1.807, 2.05) is 0 Å². The zero-order chi connectivity index (χ0) is 13.7. The van der Waals surface area contributed by atoms with Crippen LogP contribution >= 0.6 is 0 Å². The molecule has 0 spiro atoms. The highest BCUT2D eigenvalue weighted by Crippen LogP contribution is 2.12. The van der Waals surface area contributed by atoms with Gasteiger partial charge in [-0.15, -0.1) is 5.06 Å². The first-order chi connectivity index (χ1) is 8.49. The zero-order valence-electron chi connectivity index (χ0n) is 9.75. The fourth-order valence-electron chi connectivity index (χ4n) is 1.31. The molecule has 8 heteroatoms. The predicted molar refractivity (Wildman–Crippen MR) is 55.2 cm³/mol. The molecule has 0 aromatic carbocycles. The molecule has 4 amide bonds. The molecule has 1 saturated heterocycles. The molecule has 0 aliphatic carbocycles. The van der Waals surface area contributed by atoms with Gasteiger partial charge in [0.1, 0.15) is 6.54 Å². The van der Waals surface area contributed by atoms with Gasteiger partial charge in [-0.3, -0.25) is 24.1 Å². The van der Waals surface area contributed by atoms with Gasteiger partial charge in [-0.25, -0.2) is 4.79 Å². The molecule has 1 fully saturated rings. The second-order valence-electron chi connectivity index (χ2n) is 3.53. The largest absolute Gasteiger partial charge is 0.352 e. The third-order valence-corrected chi connectivity index (χ3v) is 2.25. The Kier molecular flexibility index (Phi) is 4.52. The van der Waals surface area contributed by atoms with Gasteiger partial charge >= 0.3 is 5.97 Å². The summed E-state index contributed by atoms with van der Waals surface area (Å²) in [6, 6.07) is 0. The summed E-state index contributed by atoms with van der Waals surface area (Å²) in [6.45, 7) is 0.894. The van der Waals surface area contributed by atoms with Crippen LogP contribution in [0.25, 0.3) is 0 Å². The first-order valence-electron chi connectivity index (χ1n) is 5.31. The van der Waals surface area contributed by atoms with Crippen LogP contribution in [0, 0.1) is 0 Å². The van der Waals surface area contributed by atoms with Gasteiger partial charge in [-0.05, 0) is 0 Å². The fraction of sp³-hybridized carbons (Fsp3) is 0.500. The number of carbonyl (C=O) groups is 5. The van der Waals surface area contributed by atoms with E-state index >= 15 is 0 Å². The van der Waals surface area contributed by atoms with Crippen LogP contribution in [0.4, 0.5) is 0 Å². The maximum Gasteiger partial charge on any atom is 0.352 e. The number of hydrogen-bond donors (Lipinski definition) is 0. The van der Waals surface area contributed by atoms with E-state index in [0.29, 0.717) is 9.96 Å². The number of amides is 4. The van der Waals surface area contributed by atoms with E-state index in [2.05, 4.69) is 4.84 Å². The van der Waals surface area contributed by atoms with Gasteiger partial charge in [0, 0.05) is 19.3 Å². The van der Waals surface area contributed by atoms with E-state index in [4.69, 9.17) is 0 Å². The molecule has 0 N–H and O–H groups in total. The van der Waals surface area contributed by atoms with Crippen molar-refractivity contribution in [3.05, 3.63) is 0 Å². The molecule has 1 rings (SSSR count). The van der Waals surface area contributed by atoms with Crippen molar-refractivity contribution >= 4 is 30.1 Å². The molecule has 98 valence electrons. The molecule has 0 radical (unpaired) electrons. The van der Waals surface area contributed by atoms with Crippen molar-refractivity contribution in [1.29, 1.82) is 0 Å². The summed E-state index contributed by atoms with van der Waals surface area (Å²) in [7, 11) is 0. The van der Waals surface area contributed by atoms with E-state index < -0.39 is 30.2 Å². The Morgan fingerprint density at radius 1 is 1.33 bits per heavy atom. The summed E-state index contributed by atoms with van der Waals surface area (Å²) < 4.78 is 0. The first kappa shape index (κ1) is 13.8. The van der Waals surface area contributed by atoms with E-state index in [0.717, 1.165) is 0 Å². The molecule has 1 aliphatic rings. The van der Waals surface area contributed by atoms with Crippen molar-refractivity contribution in [3.8, 4) is 0 Å². The zero-order valence-corrected chi connectivity index (χ0v) is 9.75. The summed E-state index contributed by atoms with van der Waals surface area (Å²) in [6.07, 6.45) is 0.211. The average Bonchev–Trinajstić information content (AvgIpc) is 2.66. The maximum absolute atomic E-state index is 11.4. The molecule has 1 heterocycles. The SMILES string of the molecule is CCC(=O)N(C=O)CC(=O)ON1C(=O)CCC1=O. The molecule has 0 aromatic heterocycles. The minimum atomic E-state index is -1.02. The van der Waals surface area contributed by atoms with Crippen LogP contribution < -0.4 is 0 Å². The van der Waals surface area contributed by atoms with Crippen molar-refractivity contribution in [3.63, 3.8) is 0 Å². The van der Waals surface area contributed by atoms with Crippen molar-refractivity contribution in [2.75, 3.05) is 6.54 Å². The lowest BCUT2D eigenvalue weighted by Gasteiger charge is -2.16. The molecular weight excluding hydrogens is 244 g/mol. The second kappa shape index (κ2) is 5.89. The second-order valence-corrected chi connectivity index (χ2v) is 3.53. The Bertz CT molecular complexity index is 389. The smallest absolute Gasteiger partial charge is 0.328 e. The molecule has 18 heavy (non-hydrogen) atoms. The minimum Gasteiger partial charge on any atom is -0.328 e. The van der Waals surface area contributed by atoms with Crippen LogP contribution in [0.2, 0.25) is 0 Å². The van der Waals surface area contributed by atoms with Crippen LogP contribution in [0.15, 0.2) is 0 Å². The highest BCUT2D eigenvalue weighted by atomic mass is 16.7. The highest BCUT2D eigenvalue weighted by molar-refractivity contribution is 6.01. The Morgan fingerprint density at radius 2 is 1.89 bits per heavy atom. The Balaban J connectivity index is 2.55. The number of imide groups is 2. The third kappa shape index (κ3) is 3.12.